The van der Waals surface area contributed by atoms with E-state index < -0.39 is 18.2 Å². The van der Waals surface area contributed by atoms with Gasteiger partial charge in [-0.1, -0.05) is 0 Å². The standard InChI is InChI=1S/C15H17N5O2S.C2HF3O2/c1-9-8-23-15(18-9)19-13(21)12-7-10-11(22-12)3-6-20(10)14-16-4-2-5-17-14;3-2(4,5)1(6)7/h2,4-5,8,10-12H,3,6-7H2,1H3,(H,18,19,21);(H,6,7)/t10-,11-,12-;/m0./s1. The van der Waals surface area contributed by atoms with Gasteiger partial charge >= 0.3 is 12.1 Å². The lowest BCUT2D eigenvalue weighted by Crippen LogP contribution is -2.34. The number of aromatic nitrogens is 3. The molecule has 2 aliphatic heterocycles. The number of anilines is 2. The van der Waals surface area contributed by atoms with Gasteiger partial charge in [-0.25, -0.2) is 19.7 Å². The topological polar surface area (TPSA) is 118 Å². The molecule has 162 valence electrons. The van der Waals surface area contributed by atoms with Crippen molar-refractivity contribution in [2.24, 2.45) is 0 Å². The van der Waals surface area contributed by atoms with E-state index in [1.54, 1.807) is 18.5 Å². The molecule has 13 heteroatoms. The Bertz CT molecular complexity index is 895. The number of fused-ring (bicyclic) bond motifs is 1. The molecule has 0 aliphatic carbocycles. The predicted octanol–water partition coefficient (Wildman–Crippen LogP) is 2.25. The molecule has 4 rings (SSSR count). The third kappa shape index (κ3) is 5.21. The van der Waals surface area contributed by atoms with Gasteiger partial charge in [-0.2, -0.15) is 13.2 Å². The van der Waals surface area contributed by atoms with Gasteiger partial charge in [-0.15, -0.1) is 11.3 Å². The number of thiazole rings is 1. The van der Waals surface area contributed by atoms with Gasteiger partial charge in [0.05, 0.1) is 17.8 Å². The van der Waals surface area contributed by atoms with Crippen molar-refractivity contribution in [3.8, 4) is 0 Å². The number of hydrogen-bond acceptors (Lipinski definition) is 8. The lowest BCUT2D eigenvalue weighted by Gasteiger charge is -2.22. The van der Waals surface area contributed by atoms with E-state index in [-0.39, 0.29) is 18.1 Å². The number of amides is 1. The second-order valence-electron chi connectivity index (χ2n) is 6.58. The molecule has 4 heterocycles. The van der Waals surface area contributed by atoms with Crippen LogP contribution in [0.3, 0.4) is 0 Å². The Kier molecular flexibility index (Phi) is 6.51. The molecule has 0 spiro atoms. The molecule has 2 aromatic rings. The Morgan fingerprint density at radius 1 is 1.33 bits per heavy atom. The summed E-state index contributed by atoms with van der Waals surface area (Å²) in [4.78, 5) is 36.3. The highest BCUT2D eigenvalue weighted by Crippen LogP contribution is 2.35. The van der Waals surface area contributed by atoms with Gasteiger partial charge in [0, 0.05) is 30.7 Å². The van der Waals surface area contributed by atoms with Crippen molar-refractivity contribution in [1.82, 2.24) is 15.0 Å². The van der Waals surface area contributed by atoms with Crippen LogP contribution in [0.5, 0.6) is 0 Å². The van der Waals surface area contributed by atoms with Crippen molar-refractivity contribution in [2.45, 2.75) is 44.2 Å². The lowest BCUT2D eigenvalue weighted by molar-refractivity contribution is -0.192. The summed E-state index contributed by atoms with van der Waals surface area (Å²) in [6, 6.07) is 1.96. The molecule has 0 radical (unpaired) electrons. The average Bonchev–Trinajstić information content (AvgIpc) is 3.38. The first kappa shape index (κ1) is 21.9. The van der Waals surface area contributed by atoms with E-state index >= 15 is 0 Å². The summed E-state index contributed by atoms with van der Waals surface area (Å²) >= 11 is 1.43. The van der Waals surface area contributed by atoms with Crippen LogP contribution in [0.2, 0.25) is 0 Å². The van der Waals surface area contributed by atoms with E-state index in [9.17, 15) is 18.0 Å². The molecule has 3 atom stereocenters. The Morgan fingerprint density at radius 3 is 2.57 bits per heavy atom. The van der Waals surface area contributed by atoms with Gasteiger partial charge in [0.2, 0.25) is 5.95 Å². The maximum atomic E-state index is 12.4. The molecular formula is C17H18F3N5O4S. The Hall–Kier alpha value is -2.80. The number of aryl methyl sites for hydroxylation is 1. The van der Waals surface area contributed by atoms with Crippen LogP contribution in [0.25, 0.3) is 0 Å². The van der Waals surface area contributed by atoms with E-state index in [0.717, 1.165) is 18.7 Å². The minimum atomic E-state index is -5.08. The highest BCUT2D eigenvalue weighted by Gasteiger charge is 2.46. The molecule has 1 amide bonds. The van der Waals surface area contributed by atoms with Crippen molar-refractivity contribution in [3.05, 3.63) is 29.5 Å². The molecule has 2 aliphatic rings. The number of ether oxygens (including phenoxy) is 1. The number of carbonyl (C=O) groups excluding carboxylic acids is 1. The zero-order valence-electron chi connectivity index (χ0n) is 15.7. The number of halogens is 3. The molecule has 2 aromatic heterocycles. The third-order valence-corrected chi connectivity index (χ3v) is 5.35. The number of aliphatic carboxylic acids is 1. The first-order chi connectivity index (χ1) is 14.1. The summed E-state index contributed by atoms with van der Waals surface area (Å²) in [6.07, 6.45) is -0.448. The van der Waals surface area contributed by atoms with Crippen LogP contribution in [0.15, 0.2) is 23.8 Å². The Labute approximate surface area is 172 Å². The number of rotatable bonds is 3. The molecule has 0 bridgehead atoms. The van der Waals surface area contributed by atoms with Crippen LogP contribution in [0.1, 0.15) is 18.5 Å². The Morgan fingerprint density at radius 2 is 2.00 bits per heavy atom. The highest BCUT2D eigenvalue weighted by atomic mass is 32.1. The average molecular weight is 445 g/mol. The summed E-state index contributed by atoms with van der Waals surface area (Å²) in [5.74, 6) is -2.17. The van der Waals surface area contributed by atoms with Gasteiger partial charge in [-0.3, -0.25) is 10.1 Å². The molecule has 9 nitrogen and oxygen atoms in total. The minimum absolute atomic E-state index is 0.0626. The molecule has 2 saturated heterocycles. The lowest BCUT2D eigenvalue weighted by atomic mass is 10.1. The van der Waals surface area contributed by atoms with Crippen molar-refractivity contribution >= 4 is 34.3 Å². The van der Waals surface area contributed by atoms with Gasteiger partial charge < -0.3 is 14.7 Å². The summed E-state index contributed by atoms with van der Waals surface area (Å²) < 4.78 is 37.7. The van der Waals surface area contributed by atoms with Crippen LogP contribution in [-0.4, -0.2) is 62.9 Å². The number of carbonyl (C=O) groups is 2. The van der Waals surface area contributed by atoms with Crippen molar-refractivity contribution < 1.29 is 32.6 Å². The van der Waals surface area contributed by atoms with E-state index in [1.807, 2.05) is 12.3 Å². The van der Waals surface area contributed by atoms with E-state index in [1.165, 1.54) is 11.3 Å². The van der Waals surface area contributed by atoms with Crippen molar-refractivity contribution in [3.63, 3.8) is 0 Å². The van der Waals surface area contributed by atoms with E-state index in [2.05, 4.69) is 25.2 Å². The van der Waals surface area contributed by atoms with Crippen molar-refractivity contribution in [2.75, 3.05) is 16.8 Å². The molecule has 0 saturated carbocycles. The molecule has 0 aromatic carbocycles. The smallest absolute Gasteiger partial charge is 0.475 e. The fourth-order valence-corrected chi connectivity index (χ4v) is 3.89. The van der Waals surface area contributed by atoms with E-state index in [4.69, 9.17) is 14.6 Å². The number of alkyl halides is 3. The SMILES string of the molecule is Cc1csc(NC(=O)[C@@H]2C[C@H]3[C@H](CCN3c3ncccn3)O2)n1.O=C(O)C(F)(F)F. The van der Waals surface area contributed by atoms with Gasteiger partial charge in [0.15, 0.2) is 5.13 Å². The largest absolute Gasteiger partial charge is 0.490 e. The van der Waals surface area contributed by atoms with Gasteiger partial charge in [-0.05, 0) is 19.4 Å². The maximum Gasteiger partial charge on any atom is 0.490 e. The minimum Gasteiger partial charge on any atom is -0.475 e. The highest BCUT2D eigenvalue weighted by molar-refractivity contribution is 7.13. The third-order valence-electron chi connectivity index (χ3n) is 4.47. The van der Waals surface area contributed by atoms with Crippen LogP contribution >= 0.6 is 11.3 Å². The van der Waals surface area contributed by atoms with Crippen LogP contribution < -0.4 is 10.2 Å². The van der Waals surface area contributed by atoms with Crippen LogP contribution in [-0.2, 0) is 14.3 Å². The normalized spacial score (nSPS) is 22.8. The molecule has 2 fully saturated rings. The number of carboxylic acid groups (broad SMARTS) is 1. The van der Waals surface area contributed by atoms with Crippen LogP contribution in [0, 0.1) is 6.92 Å². The summed E-state index contributed by atoms with van der Waals surface area (Å²) in [5.41, 5.74) is 0.905. The molecular weight excluding hydrogens is 427 g/mol. The van der Waals surface area contributed by atoms with Gasteiger partial charge in [0.25, 0.3) is 5.91 Å². The summed E-state index contributed by atoms with van der Waals surface area (Å²) in [7, 11) is 0. The van der Waals surface area contributed by atoms with Crippen molar-refractivity contribution in [1.29, 1.82) is 0 Å². The van der Waals surface area contributed by atoms with Gasteiger partial charge in [0.1, 0.15) is 6.10 Å². The monoisotopic (exact) mass is 445 g/mol. The second kappa shape index (κ2) is 8.92. The zero-order valence-corrected chi connectivity index (χ0v) is 16.5. The first-order valence-electron chi connectivity index (χ1n) is 8.87. The zero-order chi connectivity index (χ0) is 21.9. The predicted molar refractivity (Wildman–Crippen MR) is 100 cm³/mol. The maximum absolute atomic E-state index is 12.4. The number of nitrogens with one attached hydrogen (secondary N) is 1. The molecule has 2 N–H and O–H groups in total. The molecule has 0 unspecified atom stereocenters. The summed E-state index contributed by atoms with van der Waals surface area (Å²) in [5, 5.41) is 12.5. The fourth-order valence-electron chi connectivity index (χ4n) is 3.20. The fraction of sp³-hybridized carbons (Fsp3) is 0.471. The summed E-state index contributed by atoms with van der Waals surface area (Å²) in [6.45, 7) is 2.76. The molecule has 30 heavy (non-hydrogen) atoms. The number of hydrogen-bond donors (Lipinski definition) is 2. The quantitative estimate of drug-likeness (QED) is 0.739. The van der Waals surface area contributed by atoms with Crippen LogP contribution in [0.4, 0.5) is 24.3 Å². The number of carboxylic acids is 1. The Balaban J connectivity index is 0.000000318. The van der Waals surface area contributed by atoms with E-state index in [0.29, 0.717) is 17.5 Å². The first-order valence-corrected chi connectivity index (χ1v) is 9.75. The second-order valence-corrected chi connectivity index (χ2v) is 7.44. The number of nitrogens with zero attached hydrogens (tertiary/aromatic N) is 4.